The van der Waals surface area contributed by atoms with Crippen LogP contribution in [0.5, 0.6) is 5.75 Å². The highest BCUT2D eigenvalue weighted by atomic mass is 32.2. The molecule has 9 heteroatoms. The molecule has 2 N–H and O–H groups in total. The lowest BCUT2D eigenvalue weighted by Crippen LogP contribution is -2.19. The number of aromatic nitrogens is 2. The number of benzene rings is 1. The number of hydrogen-bond acceptors (Lipinski definition) is 6. The van der Waals surface area contributed by atoms with E-state index in [1.54, 1.807) is 23.7 Å². The first-order valence-electron chi connectivity index (χ1n) is 11.8. The Morgan fingerprint density at radius 2 is 1.82 bits per heavy atom. The number of imidazole rings is 1. The van der Waals surface area contributed by atoms with Crippen LogP contribution in [0.2, 0.25) is 0 Å². The minimum atomic E-state index is -3.80. The van der Waals surface area contributed by atoms with Crippen molar-refractivity contribution in [1.29, 1.82) is 0 Å². The molecule has 34 heavy (non-hydrogen) atoms. The summed E-state index contributed by atoms with van der Waals surface area (Å²) in [6.45, 7) is 0. The number of rotatable bonds is 6. The van der Waals surface area contributed by atoms with E-state index in [9.17, 15) is 18.3 Å². The quantitative estimate of drug-likeness (QED) is 0.546. The third kappa shape index (κ3) is 4.49. The van der Waals surface area contributed by atoms with Crippen LogP contribution in [-0.4, -0.2) is 23.1 Å². The number of nitrogens with zero attached hydrogens (tertiary/aromatic N) is 2. The average molecular weight is 484 g/mol. The van der Waals surface area contributed by atoms with Crippen LogP contribution in [0.15, 0.2) is 51.0 Å². The fourth-order valence-electron chi connectivity index (χ4n) is 4.89. The van der Waals surface area contributed by atoms with Gasteiger partial charge in [-0.2, -0.15) is 8.42 Å². The van der Waals surface area contributed by atoms with Crippen LogP contribution in [-0.2, 0) is 29.9 Å². The van der Waals surface area contributed by atoms with Gasteiger partial charge in [-0.3, -0.25) is 4.72 Å². The van der Waals surface area contributed by atoms with Crippen LogP contribution in [0.4, 0.5) is 5.69 Å². The van der Waals surface area contributed by atoms with Gasteiger partial charge in [-0.15, -0.1) is 0 Å². The highest BCUT2D eigenvalue weighted by Crippen LogP contribution is 2.48. The molecule has 1 fully saturated rings. The molecule has 1 atom stereocenters. The Kier molecular flexibility index (Phi) is 5.97. The maximum Gasteiger partial charge on any atom is 0.343 e. The van der Waals surface area contributed by atoms with Gasteiger partial charge in [0.25, 0.3) is 10.0 Å². The third-order valence-electron chi connectivity index (χ3n) is 6.78. The fourth-order valence-corrected chi connectivity index (χ4v) is 5.93. The van der Waals surface area contributed by atoms with Gasteiger partial charge in [0, 0.05) is 36.8 Å². The second-order valence-corrected chi connectivity index (χ2v) is 11.0. The predicted molar refractivity (Wildman–Crippen MR) is 128 cm³/mol. The van der Waals surface area contributed by atoms with E-state index in [1.165, 1.54) is 12.5 Å². The summed E-state index contributed by atoms with van der Waals surface area (Å²) in [4.78, 5) is 17.0. The number of hydrogen-bond donors (Lipinski definition) is 2. The SMILES string of the molecule is Cn1cnc(S(=O)(=O)Nc2ccc(C(c3c(O)c4c(oc3=O)CCCCCC4)C3CC3)cc2)c1. The second kappa shape index (κ2) is 8.94. The largest absolute Gasteiger partial charge is 0.507 e. The lowest BCUT2D eigenvalue weighted by molar-refractivity contribution is 0.382. The second-order valence-electron chi connectivity index (χ2n) is 9.39. The van der Waals surface area contributed by atoms with Crippen LogP contribution >= 0.6 is 0 Å². The van der Waals surface area contributed by atoms with Gasteiger partial charge in [0.2, 0.25) is 0 Å². The summed E-state index contributed by atoms with van der Waals surface area (Å²) in [5.74, 6) is 0.676. The summed E-state index contributed by atoms with van der Waals surface area (Å²) in [7, 11) is -2.10. The molecule has 1 saturated carbocycles. The van der Waals surface area contributed by atoms with Crippen LogP contribution in [0.3, 0.4) is 0 Å². The minimum absolute atomic E-state index is 0.0572. The third-order valence-corrected chi connectivity index (χ3v) is 8.04. The predicted octanol–water partition coefficient (Wildman–Crippen LogP) is 4.08. The number of sulfonamides is 1. The Hall–Kier alpha value is -3.07. The monoisotopic (exact) mass is 483 g/mol. The Morgan fingerprint density at radius 3 is 2.47 bits per heavy atom. The van der Waals surface area contributed by atoms with Crippen molar-refractivity contribution >= 4 is 15.7 Å². The van der Waals surface area contributed by atoms with E-state index in [2.05, 4.69) is 9.71 Å². The molecule has 2 aliphatic rings. The molecule has 8 nitrogen and oxygen atoms in total. The summed E-state index contributed by atoms with van der Waals surface area (Å²) in [6.07, 6.45) is 10.3. The van der Waals surface area contributed by atoms with E-state index >= 15 is 0 Å². The normalized spacial score (nSPS) is 17.4. The first-order chi connectivity index (χ1) is 16.3. The number of nitrogens with one attached hydrogen (secondary N) is 1. The van der Waals surface area contributed by atoms with Crippen molar-refractivity contribution in [2.75, 3.05) is 4.72 Å². The van der Waals surface area contributed by atoms with Crippen molar-refractivity contribution in [1.82, 2.24) is 9.55 Å². The van der Waals surface area contributed by atoms with Gasteiger partial charge >= 0.3 is 5.63 Å². The topological polar surface area (TPSA) is 114 Å². The first-order valence-corrected chi connectivity index (χ1v) is 13.3. The number of fused-ring (bicyclic) bond motifs is 1. The summed E-state index contributed by atoms with van der Waals surface area (Å²) >= 11 is 0. The number of aromatic hydroxyl groups is 1. The van der Waals surface area contributed by atoms with Crippen molar-refractivity contribution in [2.45, 2.75) is 62.3 Å². The lowest BCUT2D eigenvalue weighted by Gasteiger charge is -2.21. The van der Waals surface area contributed by atoms with Crippen LogP contribution in [0.1, 0.15) is 66.9 Å². The zero-order valence-electron chi connectivity index (χ0n) is 19.2. The van der Waals surface area contributed by atoms with Crippen molar-refractivity contribution in [2.24, 2.45) is 13.0 Å². The van der Waals surface area contributed by atoms with E-state index in [4.69, 9.17) is 4.42 Å². The molecule has 0 saturated heterocycles. The van der Waals surface area contributed by atoms with E-state index in [1.807, 2.05) is 12.1 Å². The molecular weight excluding hydrogens is 454 g/mol. The molecule has 2 heterocycles. The molecular formula is C25H29N3O5S. The smallest absolute Gasteiger partial charge is 0.343 e. The molecule has 0 spiro atoms. The highest BCUT2D eigenvalue weighted by Gasteiger charge is 2.38. The molecule has 5 rings (SSSR count). The van der Waals surface area contributed by atoms with Gasteiger partial charge in [-0.05, 0) is 55.7 Å². The summed E-state index contributed by atoms with van der Waals surface area (Å²) in [5.41, 5.74) is 1.91. The molecule has 3 aromatic rings. The molecule has 1 unspecified atom stereocenters. The summed E-state index contributed by atoms with van der Waals surface area (Å²) in [6, 6.07) is 6.98. The van der Waals surface area contributed by atoms with Crippen LogP contribution < -0.4 is 10.3 Å². The van der Waals surface area contributed by atoms with Crippen LogP contribution in [0.25, 0.3) is 0 Å². The van der Waals surface area contributed by atoms with E-state index < -0.39 is 15.6 Å². The number of anilines is 1. The maximum absolute atomic E-state index is 13.0. The molecule has 0 amide bonds. The Morgan fingerprint density at radius 1 is 1.12 bits per heavy atom. The maximum atomic E-state index is 13.0. The molecule has 2 aliphatic carbocycles. The summed E-state index contributed by atoms with van der Waals surface area (Å²) < 4.78 is 35.0. The van der Waals surface area contributed by atoms with Crippen molar-refractivity contribution in [3.63, 3.8) is 0 Å². The van der Waals surface area contributed by atoms with Crippen molar-refractivity contribution in [3.8, 4) is 5.75 Å². The summed E-state index contributed by atoms with van der Waals surface area (Å²) in [5, 5.41) is 11.2. The Balaban J connectivity index is 1.47. The molecule has 2 aromatic heterocycles. The van der Waals surface area contributed by atoms with Gasteiger partial charge in [-0.1, -0.05) is 25.0 Å². The molecule has 0 radical (unpaired) electrons. The average Bonchev–Trinajstić information content (AvgIpc) is 3.51. The molecule has 0 aliphatic heterocycles. The standard InChI is InChI=1S/C25H29N3O5S/c1-28-14-21(26-15-28)34(31,32)27-18-12-10-17(11-13-18)22(16-8-9-16)23-24(29)19-6-4-2-3-5-7-20(19)33-25(23)30/h10-16,22,27,29H,2-9H2,1H3. The highest BCUT2D eigenvalue weighted by molar-refractivity contribution is 7.92. The van der Waals surface area contributed by atoms with Gasteiger partial charge in [0.15, 0.2) is 5.03 Å². The minimum Gasteiger partial charge on any atom is -0.507 e. The fraction of sp³-hybridized carbons (Fsp3) is 0.440. The molecule has 1 aromatic carbocycles. The van der Waals surface area contributed by atoms with Crippen molar-refractivity contribution in [3.05, 3.63) is 69.7 Å². The molecule has 0 bridgehead atoms. The van der Waals surface area contributed by atoms with Gasteiger partial charge in [0.05, 0.1) is 11.9 Å². The van der Waals surface area contributed by atoms with E-state index in [-0.39, 0.29) is 22.6 Å². The van der Waals surface area contributed by atoms with E-state index in [0.29, 0.717) is 29.9 Å². The van der Waals surface area contributed by atoms with Crippen molar-refractivity contribution < 1.29 is 17.9 Å². The van der Waals surface area contributed by atoms with Gasteiger partial charge in [0.1, 0.15) is 11.5 Å². The first kappa shape index (κ1) is 22.7. The van der Waals surface area contributed by atoms with E-state index in [0.717, 1.165) is 49.7 Å². The Bertz CT molecular complexity index is 1350. The van der Waals surface area contributed by atoms with Crippen LogP contribution in [0, 0.1) is 5.92 Å². The number of aryl methyl sites for hydroxylation is 2. The zero-order valence-corrected chi connectivity index (χ0v) is 20.0. The van der Waals surface area contributed by atoms with Gasteiger partial charge in [-0.25, -0.2) is 9.78 Å². The van der Waals surface area contributed by atoms with Gasteiger partial charge < -0.3 is 14.1 Å². The Labute approximate surface area is 198 Å². The molecule has 180 valence electrons. The lowest BCUT2D eigenvalue weighted by atomic mass is 9.85. The zero-order chi connectivity index (χ0) is 23.9.